The van der Waals surface area contributed by atoms with E-state index in [9.17, 15) is 0 Å². The van der Waals surface area contributed by atoms with Crippen molar-refractivity contribution in [2.45, 2.75) is 20.8 Å². The Balaban J connectivity index is -0.000000114. The van der Waals surface area contributed by atoms with Crippen LogP contribution in [0.3, 0.4) is 0 Å². The number of aliphatic carboxylic acids is 1. The molecule has 4 N–H and O–H groups in total. The van der Waals surface area contributed by atoms with Crippen LogP contribution in [-0.2, 0) is 4.79 Å². The molecule has 5 heteroatoms. The highest BCUT2D eigenvalue weighted by molar-refractivity contribution is 5.62. The molecule has 0 aliphatic rings. The summed E-state index contributed by atoms with van der Waals surface area (Å²) in [6.45, 7) is 6.33. The topological polar surface area (TPSA) is 92.3 Å². The first-order chi connectivity index (χ1) is 4.54. The quantitative estimate of drug-likeness (QED) is 0.565. The maximum atomic E-state index is 9.00. The molecule has 0 saturated heterocycles. The SMILES string of the molecule is CC(=O)O.CCN(O)CC.O. The van der Waals surface area contributed by atoms with Crippen molar-refractivity contribution in [2.75, 3.05) is 13.1 Å². The van der Waals surface area contributed by atoms with Crippen molar-refractivity contribution >= 4 is 5.97 Å². The van der Waals surface area contributed by atoms with Crippen LogP contribution >= 0.6 is 0 Å². The van der Waals surface area contributed by atoms with Crippen LogP contribution in [0.5, 0.6) is 0 Å². The lowest BCUT2D eigenvalue weighted by molar-refractivity contribution is -0.134. The van der Waals surface area contributed by atoms with Crippen molar-refractivity contribution in [1.29, 1.82) is 0 Å². The zero-order chi connectivity index (χ0) is 8.57. The second kappa shape index (κ2) is 12.1. The summed E-state index contributed by atoms with van der Waals surface area (Å²) < 4.78 is 0. The largest absolute Gasteiger partial charge is 0.481 e. The highest BCUT2D eigenvalue weighted by Crippen LogP contribution is 1.73. The minimum atomic E-state index is -0.833. The molecule has 0 spiro atoms. The summed E-state index contributed by atoms with van der Waals surface area (Å²) in [4.78, 5) is 9.00. The van der Waals surface area contributed by atoms with E-state index in [1.165, 1.54) is 5.06 Å². The van der Waals surface area contributed by atoms with E-state index in [2.05, 4.69) is 0 Å². The van der Waals surface area contributed by atoms with E-state index < -0.39 is 5.97 Å². The smallest absolute Gasteiger partial charge is 0.300 e. The van der Waals surface area contributed by atoms with Crippen LogP contribution in [0.1, 0.15) is 20.8 Å². The summed E-state index contributed by atoms with van der Waals surface area (Å²) in [7, 11) is 0. The van der Waals surface area contributed by atoms with Crippen molar-refractivity contribution in [2.24, 2.45) is 0 Å². The van der Waals surface area contributed by atoms with E-state index in [0.29, 0.717) is 0 Å². The van der Waals surface area contributed by atoms with Gasteiger partial charge in [0.15, 0.2) is 0 Å². The monoisotopic (exact) mass is 167 g/mol. The fourth-order valence-corrected chi connectivity index (χ4v) is 0.224. The summed E-state index contributed by atoms with van der Waals surface area (Å²) in [6, 6.07) is 0. The van der Waals surface area contributed by atoms with Crippen LogP contribution in [0, 0.1) is 0 Å². The predicted octanol–water partition coefficient (Wildman–Crippen LogP) is -0.0164. The molecule has 0 fully saturated rings. The number of rotatable bonds is 2. The van der Waals surface area contributed by atoms with Crippen molar-refractivity contribution in [3.63, 3.8) is 0 Å². The molecule has 5 nitrogen and oxygen atoms in total. The van der Waals surface area contributed by atoms with Gasteiger partial charge in [0, 0.05) is 20.0 Å². The van der Waals surface area contributed by atoms with Gasteiger partial charge in [-0.2, -0.15) is 5.06 Å². The Kier molecular flexibility index (Phi) is 18.4. The minimum Gasteiger partial charge on any atom is -0.481 e. The molecule has 0 radical (unpaired) electrons. The van der Waals surface area contributed by atoms with Gasteiger partial charge in [-0.05, 0) is 0 Å². The number of hydrogen-bond donors (Lipinski definition) is 2. The molecular formula is C6H17NO4. The number of nitrogens with zero attached hydrogens (tertiary/aromatic N) is 1. The Morgan fingerprint density at radius 3 is 1.55 bits per heavy atom. The van der Waals surface area contributed by atoms with Gasteiger partial charge in [0.2, 0.25) is 0 Å². The number of carbonyl (C=O) groups is 1. The Morgan fingerprint density at radius 2 is 1.55 bits per heavy atom. The summed E-state index contributed by atoms with van der Waals surface area (Å²) in [5.41, 5.74) is 0. The molecule has 0 rings (SSSR count). The summed E-state index contributed by atoms with van der Waals surface area (Å²) in [5.74, 6) is -0.833. The maximum absolute atomic E-state index is 9.00. The molecule has 70 valence electrons. The molecule has 0 aliphatic heterocycles. The molecule has 0 unspecified atom stereocenters. The van der Waals surface area contributed by atoms with Crippen LogP contribution in [0.4, 0.5) is 0 Å². The Hall–Kier alpha value is -0.650. The lowest BCUT2D eigenvalue weighted by Crippen LogP contribution is -2.16. The van der Waals surface area contributed by atoms with E-state index in [1.807, 2.05) is 13.8 Å². The normalized spacial score (nSPS) is 7.73. The van der Waals surface area contributed by atoms with E-state index >= 15 is 0 Å². The first kappa shape index (κ1) is 16.7. The zero-order valence-corrected chi connectivity index (χ0v) is 7.16. The van der Waals surface area contributed by atoms with Gasteiger partial charge >= 0.3 is 0 Å². The van der Waals surface area contributed by atoms with E-state index in [4.69, 9.17) is 15.1 Å². The fraction of sp³-hybridized carbons (Fsp3) is 0.833. The van der Waals surface area contributed by atoms with Gasteiger partial charge in [0.25, 0.3) is 5.97 Å². The van der Waals surface area contributed by atoms with Crippen LogP contribution in [-0.4, -0.2) is 39.9 Å². The summed E-state index contributed by atoms with van der Waals surface area (Å²) in [6.07, 6.45) is 0. The molecule has 0 bridgehead atoms. The Morgan fingerprint density at radius 1 is 1.36 bits per heavy atom. The standard InChI is InChI=1S/C4H11NO.C2H4O2.H2O/c1-3-5(6)4-2;1-2(3)4;/h6H,3-4H2,1-2H3;1H3,(H,3,4);1H2. The molecule has 0 aromatic rings. The first-order valence-electron chi connectivity index (χ1n) is 3.17. The molecular weight excluding hydrogens is 150 g/mol. The van der Waals surface area contributed by atoms with Gasteiger partial charge in [-0.3, -0.25) is 4.79 Å². The number of hydrogen-bond acceptors (Lipinski definition) is 3. The van der Waals surface area contributed by atoms with Crippen LogP contribution < -0.4 is 0 Å². The molecule has 0 heterocycles. The van der Waals surface area contributed by atoms with Crippen LogP contribution in [0.15, 0.2) is 0 Å². The average Bonchev–Trinajstić information content (AvgIpc) is 1.85. The van der Waals surface area contributed by atoms with Crippen LogP contribution in [0.25, 0.3) is 0 Å². The summed E-state index contributed by atoms with van der Waals surface area (Å²) in [5, 5.41) is 17.2. The molecule has 0 atom stereocenters. The molecule has 0 aliphatic carbocycles. The Bertz CT molecular complexity index is 78.7. The van der Waals surface area contributed by atoms with E-state index in [-0.39, 0.29) is 5.48 Å². The van der Waals surface area contributed by atoms with Gasteiger partial charge in [0.05, 0.1) is 0 Å². The number of carboxylic acid groups (broad SMARTS) is 1. The van der Waals surface area contributed by atoms with Crippen molar-refractivity contribution in [3.05, 3.63) is 0 Å². The van der Waals surface area contributed by atoms with Gasteiger partial charge < -0.3 is 15.8 Å². The zero-order valence-electron chi connectivity index (χ0n) is 7.16. The van der Waals surface area contributed by atoms with Gasteiger partial charge in [0.1, 0.15) is 0 Å². The highest BCUT2D eigenvalue weighted by Gasteiger charge is 1.84. The van der Waals surface area contributed by atoms with Gasteiger partial charge in [-0.15, -0.1) is 0 Å². The number of hydroxylamine groups is 2. The third kappa shape index (κ3) is 45.0. The average molecular weight is 167 g/mol. The molecule has 0 saturated carbocycles. The first-order valence-corrected chi connectivity index (χ1v) is 3.17. The predicted molar refractivity (Wildman–Crippen MR) is 41.6 cm³/mol. The molecule has 11 heavy (non-hydrogen) atoms. The lowest BCUT2D eigenvalue weighted by atomic mass is 10.6. The van der Waals surface area contributed by atoms with Gasteiger partial charge in [-0.1, -0.05) is 13.8 Å². The molecule has 0 aromatic heterocycles. The van der Waals surface area contributed by atoms with Crippen molar-refractivity contribution in [1.82, 2.24) is 5.06 Å². The Labute approximate surface area is 66.5 Å². The third-order valence-electron chi connectivity index (χ3n) is 0.730. The highest BCUT2D eigenvalue weighted by atomic mass is 16.5. The third-order valence-corrected chi connectivity index (χ3v) is 0.730. The fourth-order valence-electron chi connectivity index (χ4n) is 0.224. The minimum absolute atomic E-state index is 0. The van der Waals surface area contributed by atoms with Crippen molar-refractivity contribution < 1.29 is 20.6 Å². The maximum Gasteiger partial charge on any atom is 0.300 e. The summed E-state index contributed by atoms with van der Waals surface area (Å²) >= 11 is 0. The van der Waals surface area contributed by atoms with Gasteiger partial charge in [-0.25, -0.2) is 0 Å². The number of carboxylic acids is 1. The van der Waals surface area contributed by atoms with E-state index in [1.54, 1.807) is 0 Å². The van der Waals surface area contributed by atoms with E-state index in [0.717, 1.165) is 20.0 Å². The molecule has 0 amide bonds. The second-order valence-corrected chi connectivity index (χ2v) is 1.66. The second-order valence-electron chi connectivity index (χ2n) is 1.66. The van der Waals surface area contributed by atoms with Crippen molar-refractivity contribution in [3.8, 4) is 0 Å². The lowest BCUT2D eigenvalue weighted by Gasteiger charge is -2.05. The molecule has 0 aromatic carbocycles. The van der Waals surface area contributed by atoms with Crippen LogP contribution in [0.2, 0.25) is 0 Å².